The molecule has 1 N–H and O–H groups in total. The van der Waals surface area contributed by atoms with Crippen LogP contribution in [0.4, 0.5) is 9.18 Å². The molecule has 2 aromatic rings. The van der Waals surface area contributed by atoms with Crippen molar-refractivity contribution in [2.45, 2.75) is 12.5 Å². The molecule has 1 aliphatic heterocycles. The fourth-order valence-corrected chi connectivity index (χ4v) is 2.37. The number of urea groups is 1. The summed E-state index contributed by atoms with van der Waals surface area (Å²) >= 11 is 0. The SMILES string of the molecule is C[C@@]1(c2ccccc2)NC(=O)N(/N=C\c2ccc(F)cc2)C1=O. The van der Waals surface area contributed by atoms with E-state index in [4.69, 9.17) is 0 Å². The summed E-state index contributed by atoms with van der Waals surface area (Å²) in [5, 5.41) is 7.37. The Kier molecular flexibility index (Phi) is 3.65. The van der Waals surface area contributed by atoms with E-state index in [0.717, 1.165) is 5.01 Å². The van der Waals surface area contributed by atoms with Crippen molar-refractivity contribution in [3.63, 3.8) is 0 Å². The normalized spacial score (nSPS) is 21.0. The first-order chi connectivity index (χ1) is 11.0. The quantitative estimate of drug-likeness (QED) is 0.699. The van der Waals surface area contributed by atoms with Crippen molar-refractivity contribution < 1.29 is 14.0 Å². The minimum absolute atomic E-state index is 0.367. The number of imide groups is 1. The third kappa shape index (κ3) is 2.70. The Hall–Kier alpha value is -3.02. The molecule has 0 spiro atoms. The highest BCUT2D eigenvalue weighted by molar-refractivity contribution is 6.07. The molecule has 5 nitrogen and oxygen atoms in total. The monoisotopic (exact) mass is 311 g/mol. The molecule has 1 heterocycles. The predicted octanol–water partition coefficient (Wildman–Crippen LogP) is 2.63. The standard InChI is InChI=1S/C17H14FN3O2/c1-17(13-5-3-2-4-6-13)15(22)21(16(23)20-17)19-11-12-7-9-14(18)10-8-12/h2-11H,1H3,(H,20,23)/b19-11-/t17-/m0/s1. The van der Waals surface area contributed by atoms with Crippen molar-refractivity contribution in [2.75, 3.05) is 0 Å². The van der Waals surface area contributed by atoms with Gasteiger partial charge in [0.2, 0.25) is 0 Å². The lowest BCUT2D eigenvalue weighted by molar-refractivity contribution is -0.131. The van der Waals surface area contributed by atoms with E-state index < -0.39 is 17.5 Å². The second-order valence-corrected chi connectivity index (χ2v) is 5.33. The van der Waals surface area contributed by atoms with Gasteiger partial charge in [0.15, 0.2) is 0 Å². The van der Waals surface area contributed by atoms with Crippen LogP contribution in [-0.4, -0.2) is 23.2 Å². The molecule has 2 aromatic carbocycles. The van der Waals surface area contributed by atoms with E-state index in [1.165, 1.54) is 30.5 Å². The maximum absolute atomic E-state index is 12.9. The van der Waals surface area contributed by atoms with E-state index in [-0.39, 0.29) is 5.82 Å². The fraction of sp³-hybridized carbons (Fsp3) is 0.118. The first kappa shape index (κ1) is 14.9. The average molecular weight is 311 g/mol. The van der Waals surface area contributed by atoms with Crippen LogP contribution in [0, 0.1) is 5.82 Å². The van der Waals surface area contributed by atoms with Crippen LogP contribution in [0.25, 0.3) is 0 Å². The van der Waals surface area contributed by atoms with Crippen LogP contribution >= 0.6 is 0 Å². The van der Waals surface area contributed by atoms with Gasteiger partial charge in [0.05, 0.1) is 6.21 Å². The number of benzene rings is 2. The summed E-state index contributed by atoms with van der Waals surface area (Å²) < 4.78 is 12.9. The molecule has 0 unspecified atom stereocenters. The molecule has 3 rings (SSSR count). The number of halogens is 1. The molecular weight excluding hydrogens is 297 g/mol. The van der Waals surface area contributed by atoms with Crippen LogP contribution in [0.1, 0.15) is 18.1 Å². The zero-order valence-corrected chi connectivity index (χ0v) is 12.4. The second-order valence-electron chi connectivity index (χ2n) is 5.33. The molecule has 0 saturated carbocycles. The van der Waals surface area contributed by atoms with Crippen molar-refractivity contribution in [3.8, 4) is 0 Å². The van der Waals surface area contributed by atoms with Gasteiger partial charge < -0.3 is 5.32 Å². The number of hydrogen-bond donors (Lipinski definition) is 1. The Bertz CT molecular complexity index is 774. The lowest BCUT2D eigenvalue weighted by Crippen LogP contribution is -2.40. The second kappa shape index (κ2) is 5.64. The van der Waals surface area contributed by atoms with Gasteiger partial charge in [-0.15, -0.1) is 5.01 Å². The number of carbonyl (C=O) groups is 2. The number of carbonyl (C=O) groups excluding carboxylic acids is 2. The van der Waals surface area contributed by atoms with Crippen molar-refractivity contribution in [2.24, 2.45) is 5.10 Å². The summed E-state index contributed by atoms with van der Waals surface area (Å²) in [5.41, 5.74) is 0.108. The molecule has 1 saturated heterocycles. The molecule has 0 aliphatic carbocycles. The number of nitrogens with zero attached hydrogens (tertiary/aromatic N) is 2. The van der Waals surface area contributed by atoms with Crippen molar-refractivity contribution >= 4 is 18.2 Å². The maximum Gasteiger partial charge on any atom is 0.346 e. The summed E-state index contributed by atoms with van der Waals surface area (Å²) in [6.07, 6.45) is 1.34. The van der Waals surface area contributed by atoms with Crippen LogP contribution in [0.15, 0.2) is 59.7 Å². The van der Waals surface area contributed by atoms with E-state index in [1.807, 2.05) is 6.07 Å². The van der Waals surface area contributed by atoms with Crippen LogP contribution in [0.5, 0.6) is 0 Å². The van der Waals surface area contributed by atoms with Gasteiger partial charge in [-0.2, -0.15) is 5.10 Å². The van der Waals surface area contributed by atoms with Gasteiger partial charge in [0, 0.05) is 0 Å². The number of hydrogen-bond acceptors (Lipinski definition) is 3. The van der Waals surface area contributed by atoms with Gasteiger partial charge in [-0.05, 0) is 30.2 Å². The van der Waals surface area contributed by atoms with Gasteiger partial charge in [-0.3, -0.25) is 4.79 Å². The van der Waals surface area contributed by atoms with Gasteiger partial charge in [0.1, 0.15) is 11.4 Å². The van der Waals surface area contributed by atoms with E-state index in [2.05, 4.69) is 10.4 Å². The van der Waals surface area contributed by atoms with Crippen molar-refractivity contribution in [1.29, 1.82) is 0 Å². The average Bonchev–Trinajstić information content (AvgIpc) is 2.78. The molecule has 6 heteroatoms. The maximum atomic E-state index is 12.9. The summed E-state index contributed by atoms with van der Waals surface area (Å²) in [4.78, 5) is 24.7. The molecule has 1 atom stereocenters. The predicted molar refractivity (Wildman–Crippen MR) is 83.2 cm³/mol. The van der Waals surface area contributed by atoms with Gasteiger partial charge >= 0.3 is 6.03 Å². The van der Waals surface area contributed by atoms with Crippen molar-refractivity contribution in [1.82, 2.24) is 10.3 Å². The Balaban J connectivity index is 1.86. The number of amides is 3. The molecule has 0 bridgehead atoms. The van der Waals surface area contributed by atoms with Gasteiger partial charge in [0.25, 0.3) is 5.91 Å². The zero-order valence-electron chi connectivity index (χ0n) is 12.4. The molecule has 0 aromatic heterocycles. The third-order valence-electron chi connectivity index (χ3n) is 3.71. The first-order valence-corrected chi connectivity index (χ1v) is 7.02. The van der Waals surface area contributed by atoms with Crippen LogP contribution < -0.4 is 5.32 Å². The molecule has 1 fully saturated rings. The minimum Gasteiger partial charge on any atom is -0.318 e. The number of hydrazone groups is 1. The van der Waals surface area contributed by atoms with Gasteiger partial charge in [-0.1, -0.05) is 42.5 Å². The third-order valence-corrected chi connectivity index (χ3v) is 3.71. The lowest BCUT2D eigenvalue weighted by Gasteiger charge is -2.20. The number of rotatable bonds is 3. The smallest absolute Gasteiger partial charge is 0.318 e. The Labute approximate surface area is 132 Å². The highest BCUT2D eigenvalue weighted by Crippen LogP contribution is 2.28. The largest absolute Gasteiger partial charge is 0.346 e. The highest BCUT2D eigenvalue weighted by atomic mass is 19.1. The summed E-state index contributed by atoms with van der Waals surface area (Å²) in [6, 6.07) is 13.9. The minimum atomic E-state index is -1.15. The van der Waals surface area contributed by atoms with Gasteiger partial charge in [-0.25, -0.2) is 9.18 Å². The topological polar surface area (TPSA) is 61.8 Å². The molecule has 23 heavy (non-hydrogen) atoms. The molecule has 116 valence electrons. The van der Waals surface area contributed by atoms with E-state index >= 15 is 0 Å². The highest BCUT2D eigenvalue weighted by Gasteiger charge is 2.49. The summed E-state index contributed by atoms with van der Waals surface area (Å²) in [6.45, 7) is 1.63. The summed E-state index contributed by atoms with van der Waals surface area (Å²) in [7, 11) is 0. The van der Waals surface area contributed by atoms with Crippen LogP contribution in [0.3, 0.4) is 0 Å². The molecule has 0 radical (unpaired) electrons. The van der Waals surface area contributed by atoms with E-state index in [9.17, 15) is 14.0 Å². The lowest BCUT2D eigenvalue weighted by atomic mass is 9.92. The Morgan fingerprint density at radius 3 is 2.39 bits per heavy atom. The first-order valence-electron chi connectivity index (χ1n) is 7.02. The fourth-order valence-electron chi connectivity index (χ4n) is 2.37. The molecule has 1 aliphatic rings. The van der Waals surface area contributed by atoms with E-state index in [0.29, 0.717) is 11.1 Å². The van der Waals surface area contributed by atoms with Crippen LogP contribution in [-0.2, 0) is 10.3 Å². The van der Waals surface area contributed by atoms with Crippen LogP contribution in [0.2, 0.25) is 0 Å². The summed E-state index contributed by atoms with van der Waals surface area (Å²) in [5.74, 6) is -0.833. The Morgan fingerprint density at radius 2 is 1.74 bits per heavy atom. The molecule has 3 amide bonds. The van der Waals surface area contributed by atoms with Crippen molar-refractivity contribution in [3.05, 3.63) is 71.5 Å². The number of nitrogens with one attached hydrogen (secondary N) is 1. The van der Waals surface area contributed by atoms with E-state index in [1.54, 1.807) is 31.2 Å². The Morgan fingerprint density at radius 1 is 1.09 bits per heavy atom. The zero-order chi connectivity index (χ0) is 16.4. The molecular formula is C17H14FN3O2.